The molecule has 2 aromatic rings. The standard InChI is InChI=1S/C19H19FN2O3/c1-12(14-7-3-4-8-15(14)20)21-19(24)18-11-22(13(2)23)16-9-5-6-10-17(16)25-18/h3-10,12,18H,11H2,1-2H3,(H,21,24). The van der Waals surface area contributed by atoms with Gasteiger partial charge in [-0.05, 0) is 25.1 Å². The highest BCUT2D eigenvalue weighted by molar-refractivity contribution is 5.95. The molecule has 0 aliphatic carbocycles. The second-order valence-corrected chi connectivity index (χ2v) is 5.96. The predicted molar refractivity (Wildman–Crippen MR) is 91.8 cm³/mol. The van der Waals surface area contributed by atoms with Gasteiger partial charge in [0.1, 0.15) is 11.6 Å². The molecule has 0 fully saturated rings. The fourth-order valence-electron chi connectivity index (χ4n) is 2.88. The highest BCUT2D eigenvalue weighted by Gasteiger charge is 2.33. The van der Waals surface area contributed by atoms with E-state index in [0.29, 0.717) is 17.0 Å². The Morgan fingerprint density at radius 1 is 1.20 bits per heavy atom. The Morgan fingerprint density at radius 2 is 1.88 bits per heavy atom. The SMILES string of the molecule is CC(=O)N1CC(C(=O)NC(C)c2ccccc2F)Oc2ccccc21. The Bertz CT molecular complexity index is 809. The zero-order valence-corrected chi connectivity index (χ0v) is 14.0. The quantitative estimate of drug-likeness (QED) is 0.933. The fourth-order valence-corrected chi connectivity index (χ4v) is 2.88. The van der Waals surface area contributed by atoms with Crippen molar-refractivity contribution in [3.8, 4) is 5.75 Å². The van der Waals surface area contributed by atoms with Gasteiger partial charge in [-0.15, -0.1) is 0 Å². The van der Waals surface area contributed by atoms with Crippen LogP contribution < -0.4 is 15.0 Å². The number of hydrogen-bond acceptors (Lipinski definition) is 3. The van der Waals surface area contributed by atoms with Crippen molar-refractivity contribution >= 4 is 17.5 Å². The average Bonchev–Trinajstić information content (AvgIpc) is 2.60. The fraction of sp³-hybridized carbons (Fsp3) is 0.263. The van der Waals surface area contributed by atoms with Crippen LogP contribution in [0.1, 0.15) is 25.5 Å². The summed E-state index contributed by atoms with van der Waals surface area (Å²) in [5.74, 6) is -0.467. The van der Waals surface area contributed by atoms with Crippen LogP contribution in [0.15, 0.2) is 48.5 Å². The number of halogens is 1. The van der Waals surface area contributed by atoms with Gasteiger partial charge < -0.3 is 15.0 Å². The van der Waals surface area contributed by atoms with E-state index in [1.165, 1.54) is 17.9 Å². The van der Waals surface area contributed by atoms with Gasteiger partial charge in [-0.25, -0.2) is 4.39 Å². The smallest absolute Gasteiger partial charge is 0.263 e. The molecule has 0 radical (unpaired) electrons. The third-order valence-electron chi connectivity index (χ3n) is 4.18. The first-order valence-corrected chi connectivity index (χ1v) is 8.06. The number of nitrogens with one attached hydrogen (secondary N) is 1. The number of carbonyl (C=O) groups is 2. The van der Waals surface area contributed by atoms with E-state index in [1.54, 1.807) is 49.4 Å². The molecule has 0 aromatic heterocycles. The second kappa shape index (κ2) is 6.93. The lowest BCUT2D eigenvalue weighted by Gasteiger charge is -2.34. The number of nitrogens with zero attached hydrogens (tertiary/aromatic N) is 1. The van der Waals surface area contributed by atoms with Crippen LogP contribution in [-0.2, 0) is 9.59 Å². The molecule has 1 heterocycles. The van der Waals surface area contributed by atoms with Crippen LogP contribution in [0, 0.1) is 5.82 Å². The van der Waals surface area contributed by atoms with Gasteiger partial charge in [-0.2, -0.15) is 0 Å². The molecule has 0 saturated carbocycles. The van der Waals surface area contributed by atoms with Crippen molar-refractivity contribution in [2.75, 3.05) is 11.4 Å². The molecule has 0 saturated heterocycles. The lowest BCUT2D eigenvalue weighted by molar-refractivity contribution is -0.129. The normalized spacial score (nSPS) is 17.2. The summed E-state index contributed by atoms with van der Waals surface area (Å²) in [6.45, 7) is 3.26. The summed E-state index contributed by atoms with van der Waals surface area (Å²) >= 11 is 0. The number of rotatable bonds is 3. The number of hydrogen-bond donors (Lipinski definition) is 1. The number of fused-ring (bicyclic) bond motifs is 1. The van der Waals surface area contributed by atoms with Crippen molar-refractivity contribution in [2.45, 2.75) is 26.0 Å². The van der Waals surface area contributed by atoms with E-state index in [0.717, 1.165) is 0 Å². The van der Waals surface area contributed by atoms with E-state index in [4.69, 9.17) is 4.74 Å². The van der Waals surface area contributed by atoms with Gasteiger partial charge in [0.05, 0.1) is 18.3 Å². The maximum absolute atomic E-state index is 13.9. The highest BCUT2D eigenvalue weighted by Crippen LogP contribution is 2.33. The molecule has 2 atom stereocenters. The molecule has 1 aliphatic rings. The van der Waals surface area contributed by atoms with Gasteiger partial charge in [0.15, 0.2) is 6.10 Å². The molecule has 2 amide bonds. The van der Waals surface area contributed by atoms with Gasteiger partial charge in [0.25, 0.3) is 5.91 Å². The Labute approximate surface area is 145 Å². The largest absolute Gasteiger partial charge is 0.477 e. The molecule has 0 spiro atoms. The Hall–Kier alpha value is -2.89. The summed E-state index contributed by atoms with van der Waals surface area (Å²) in [6.07, 6.45) is -0.854. The van der Waals surface area contributed by atoms with Crippen LogP contribution in [-0.4, -0.2) is 24.5 Å². The van der Waals surface area contributed by atoms with E-state index in [1.807, 2.05) is 0 Å². The lowest BCUT2D eigenvalue weighted by atomic mass is 10.1. The summed E-state index contributed by atoms with van der Waals surface area (Å²) in [4.78, 5) is 26.0. The second-order valence-electron chi connectivity index (χ2n) is 5.96. The van der Waals surface area contributed by atoms with Crippen molar-refractivity contribution in [1.82, 2.24) is 5.32 Å². The summed E-state index contributed by atoms with van der Waals surface area (Å²) in [6, 6.07) is 12.8. The summed E-state index contributed by atoms with van der Waals surface area (Å²) in [5.41, 5.74) is 1.04. The Balaban J connectivity index is 1.77. The molecule has 1 aliphatic heterocycles. The van der Waals surface area contributed by atoms with Crippen LogP contribution in [0.4, 0.5) is 10.1 Å². The first kappa shape index (κ1) is 17.0. The van der Waals surface area contributed by atoms with E-state index >= 15 is 0 Å². The topological polar surface area (TPSA) is 58.6 Å². The van der Waals surface area contributed by atoms with E-state index < -0.39 is 18.1 Å². The number of para-hydroxylation sites is 2. The molecule has 0 bridgehead atoms. The summed E-state index contributed by atoms with van der Waals surface area (Å²) in [7, 11) is 0. The summed E-state index contributed by atoms with van der Waals surface area (Å²) < 4.78 is 19.6. The Morgan fingerprint density at radius 3 is 2.60 bits per heavy atom. The minimum Gasteiger partial charge on any atom is -0.477 e. The first-order chi connectivity index (χ1) is 12.0. The monoisotopic (exact) mass is 342 g/mol. The number of amides is 2. The molecule has 2 unspecified atom stereocenters. The molecule has 130 valence electrons. The minimum atomic E-state index is -0.854. The van der Waals surface area contributed by atoms with Gasteiger partial charge >= 0.3 is 0 Å². The zero-order chi connectivity index (χ0) is 18.0. The van der Waals surface area contributed by atoms with Crippen LogP contribution in [0.2, 0.25) is 0 Å². The highest BCUT2D eigenvalue weighted by atomic mass is 19.1. The molecule has 3 rings (SSSR count). The molecule has 2 aromatic carbocycles. The third-order valence-corrected chi connectivity index (χ3v) is 4.18. The van der Waals surface area contributed by atoms with Crippen LogP contribution in [0.5, 0.6) is 5.75 Å². The van der Waals surface area contributed by atoms with E-state index in [-0.39, 0.29) is 18.3 Å². The van der Waals surface area contributed by atoms with E-state index in [9.17, 15) is 14.0 Å². The minimum absolute atomic E-state index is 0.113. The molecule has 6 heteroatoms. The Kier molecular flexibility index (Phi) is 4.70. The van der Waals surface area contributed by atoms with Crippen molar-refractivity contribution in [1.29, 1.82) is 0 Å². The van der Waals surface area contributed by atoms with Crippen LogP contribution >= 0.6 is 0 Å². The van der Waals surface area contributed by atoms with Crippen molar-refractivity contribution in [3.05, 3.63) is 59.9 Å². The number of carbonyl (C=O) groups excluding carboxylic acids is 2. The maximum Gasteiger partial charge on any atom is 0.263 e. The number of anilines is 1. The molecule has 25 heavy (non-hydrogen) atoms. The number of benzene rings is 2. The van der Waals surface area contributed by atoms with Crippen LogP contribution in [0.3, 0.4) is 0 Å². The lowest BCUT2D eigenvalue weighted by Crippen LogP contribution is -2.50. The molecule has 1 N–H and O–H groups in total. The zero-order valence-electron chi connectivity index (χ0n) is 14.0. The average molecular weight is 342 g/mol. The van der Waals surface area contributed by atoms with Gasteiger partial charge in [-0.3, -0.25) is 9.59 Å². The van der Waals surface area contributed by atoms with Crippen molar-refractivity contribution in [2.24, 2.45) is 0 Å². The van der Waals surface area contributed by atoms with Crippen molar-refractivity contribution in [3.63, 3.8) is 0 Å². The van der Waals surface area contributed by atoms with Gasteiger partial charge in [0, 0.05) is 12.5 Å². The maximum atomic E-state index is 13.9. The molecular weight excluding hydrogens is 323 g/mol. The predicted octanol–water partition coefficient (Wildman–Crippen LogP) is 2.82. The van der Waals surface area contributed by atoms with Gasteiger partial charge in [0.2, 0.25) is 5.91 Å². The van der Waals surface area contributed by atoms with Gasteiger partial charge in [-0.1, -0.05) is 30.3 Å². The van der Waals surface area contributed by atoms with Crippen molar-refractivity contribution < 1.29 is 18.7 Å². The molecule has 5 nitrogen and oxygen atoms in total. The van der Waals surface area contributed by atoms with E-state index in [2.05, 4.69) is 5.32 Å². The third kappa shape index (κ3) is 3.47. The number of ether oxygens (including phenoxy) is 1. The summed E-state index contributed by atoms with van der Waals surface area (Å²) in [5, 5.41) is 2.76. The first-order valence-electron chi connectivity index (χ1n) is 8.06. The van der Waals surface area contributed by atoms with Crippen LogP contribution in [0.25, 0.3) is 0 Å². The molecular formula is C19H19FN2O3.